The van der Waals surface area contributed by atoms with Crippen molar-refractivity contribution in [3.63, 3.8) is 0 Å². The second kappa shape index (κ2) is 9.99. The third-order valence-corrected chi connectivity index (χ3v) is 4.36. The summed E-state index contributed by atoms with van der Waals surface area (Å²) in [4.78, 5) is 12.6. The van der Waals surface area contributed by atoms with Gasteiger partial charge in [-0.25, -0.2) is 0 Å². The van der Waals surface area contributed by atoms with Gasteiger partial charge in [0.15, 0.2) is 11.5 Å². The maximum Gasteiger partial charge on any atom is 0.255 e. The van der Waals surface area contributed by atoms with Crippen molar-refractivity contribution in [2.45, 2.75) is 32.8 Å². The van der Waals surface area contributed by atoms with Gasteiger partial charge in [-0.15, -0.1) is 0 Å². The fraction of sp³-hybridized carbons (Fsp3) is 0.409. The van der Waals surface area contributed by atoms with Crippen molar-refractivity contribution in [3.8, 4) is 17.2 Å². The van der Waals surface area contributed by atoms with Crippen LogP contribution in [0.4, 0.5) is 5.69 Å². The molecule has 3 rings (SSSR count). The van der Waals surface area contributed by atoms with Crippen LogP contribution in [0.25, 0.3) is 0 Å². The lowest BCUT2D eigenvalue weighted by Crippen LogP contribution is -2.17. The number of hydrogen-bond donors (Lipinski definition) is 1. The molecule has 0 radical (unpaired) electrons. The summed E-state index contributed by atoms with van der Waals surface area (Å²) in [5.41, 5.74) is 1.17. The summed E-state index contributed by atoms with van der Waals surface area (Å²) in [6, 6.07) is 12.5. The summed E-state index contributed by atoms with van der Waals surface area (Å²) in [6.45, 7) is 6.18. The van der Waals surface area contributed by atoms with Crippen molar-refractivity contribution in [2.75, 3.05) is 31.7 Å². The van der Waals surface area contributed by atoms with E-state index in [1.807, 2.05) is 26.0 Å². The molecule has 6 nitrogen and oxygen atoms in total. The highest BCUT2D eigenvalue weighted by Gasteiger charge is 2.16. The zero-order chi connectivity index (χ0) is 19.8. The maximum absolute atomic E-state index is 12.6. The Labute approximate surface area is 165 Å². The first-order valence-corrected chi connectivity index (χ1v) is 9.75. The Morgan fingerprint density at radius 3 is 2.64 bits per heavy atom. The molecule has 1 heterocycles. The molecule has 1 amide bonds. The van der Waals surface area contributed by atoms with Crippen LogP contribution in [0, 0.1) is 0 Å². The molecular weight excluding hydrogens is 358 g/mol. The number of carbonyl (C=O) groups excluding carboxylic acids is 1. The molecular formula is C22H27NO5. The first kappa shape index (κ1) is 20.0. The highest BCUT2D eigenvalue weighted by Crippen LogP contribution is 2.31. The minimum absolute atomic E-state index is 0.137. The molecule has 0 aromatic heterocycles. The van der Waals surface area contributed by atoms with Crippen LogP contribution < -0.4 is 19.5 Å². The van der Waals surface area contributed by atoms with Gasteiger partial charge in [-0.05, 0) is 57.0 Å². The second-order valence-corrected chi connectivity index (χ2v) is 6.46. The Hall–Kier alpha value is -2.73. The predicted molar refractivity (Wildman–Crippen MR) is 108 cm³/mol. The van der Waals surface area contributed by atoms with Gasteiger partial charge >= 0.3 is 0 Å². The van der Waals surface area contributed by atoms with E-state index in [1.165, 1.54) is 0 Å². The number of rotatable bonds is 9. The Morgan fingerprint density at radius 2 is 1.89 bits per heavy atom. The van der Waals surface area contributed by atoms with Gasteiger partial charge in [0, 0.05) is 23.9 Å². The smallest absolute Gasteiger partial charge is 0.255 e. The third-order valence-electron chi connectivity index (χ3n) is 4.36. The van der Waals surface area contributed by atoms with Gasteiger partial charge in [-0.2, -0.15) is 0 Å². The van der Waals surface area contributed by atoms with E-state index in [0.717, 1.165) is 19.4 Å². The highest BCUT2D eigenvalue weighted by atomic mass is 16.5. The molecule has 0 saturated carbocycles. The second-order valence-electron chi connectivity index (χ2n) is 6.46. The standard InChI is InChI=1S/C22H27NO5/c1-3-25-20-11-10-17(14-21(20)26-4-2)23-22(24)16-7-5-8-18(13-16)28-15-19-9-6-12-27-19/h5,7-8,10-11,13-14,19H,3-4,6,9,12,15H2,1-2H3,(H,23,24)/t19-/m1/s1. The molecule has 2 aromatic rings. The van der Waals surface area contributed by atoms with E-state index >= 15 is 0 Å². The number of amides is 1. The molecule has 0 bridgehead atoms. The summed E-state index contributed by atoms with van der Waals surface area (Å²) in [5, 5.41) is 2.90. The van der Waals surface area contributed by atoms with Crippen molar-refractivity contribution < 1.29 is 23.7 Å². The molecule has 1 saturated heterocycles. The molecule has 1 atom stereocenters. The minimum Gasteiger partial charge on any atom is -0.491 e. The van der Waals surface area contributed by atoms with Crippen molar-refractivity contribution in [2.24, 2.45) is 0 Å². The van der Waals surface area contributed by atoms with Crippen LogP contribution in [0.15, 0.2) is 42.5 Å². The molecule has 1 N–H and O–H groups in total. The lowest BCUT2D eigenvalue weighted by Gasteiger charge is -2.14. The zero-order valence-corrected chi connectivity index (χ0v) is 16.4. The summed E-state index contributed by atoms with van der Waals surface area (Å²) < 4.78 is 22.5. The van der Waals surface area contributed by atoms with E-state index in [4.69, 9.17) is 18.9 Å². The van der Waals surface area contributed by atoms with E-state index in [2.05, 4.69) is 5.32 Å². The Kier molecular flexibility index (Phi) is 7.14. The lowest BCUT2D eigenvalue weighted by atomic mass is 10.2. The average Bonchev–Trinajstić information content (AvgIpc) is 3.23. The monoisotopic (exact) mass is 385 g/mol. The minimum atomic E-state index is -0.214. The van der Waals surface area contributed by atoms with Crippen molar-refractivity contribution in [1.29, 1.82) is 0 Å². The molecule has 2 aromatic carbocycles. The molecule has 0 spiro atoms. The molecule has 28 heavy (non-hydrogen) atoms. The summed E-state index contributed by atoms with van der Waals surface area (Å²) in [7, 11) is 0. The van der Waals surface area contributed by atoms with Crippen molar-refractivity contribution in [1.82, 2.24) is 0 Å². The van der Waals surface area contributed by atoms with Crippen LogP contribution in [0.3, 0.4) is 0 Å². The van der Waals surface area contributed by atoms with E-state index in [0.29, 0.717) is 48.3 Å². The van der Waals surface area contributed by atoms with Gasteiger partial charge in [-0.3, -0.25) is 4.79 Å². The largest absolute Gasteiger partial charge is 0.491 e. The van der Waals surface area contributed by atoms with E-state index in [1.54, 1.807) is 30.3 Å². The molecule has 1 fully saturated rings. The van der Waals surface area contributed by atoms with E-state index in [-0.39, 0.29) is 12.0 Å². The third kappa shape index (κ3) is 5.39. The number of ether oxygens (including phenoxy) is 4. The zero-order valence-electron chi connectivity index (χ0n) is 16.4. The molecule has 1 aliphatic heterocycles. The predicted octanol–water partition coefficient (Wildman–Crippen LogP) is 4.29. The molecule has 1 aliphatic rings. The highest BCUT2D eigenvalue weighted by molar-refractivity contribution is 6.04. The topological polar surface area (TPSA) is 66.0 Å². The van der Waals surface area contributed by atoms with Gasteiger partial charge in [0.05, 0.1) is 19.3 Å². The normalized spacial score (nSPS) is 15.9. The molecule has 0 aliphatic carbocycles. The quantitative estimate of drug-likeness (QED) is 0.697. The van der Waals surface area contributed by atoms with Crippen molar-refractivity contribution >= 4 is 11.6 Å². The van der Waals surface area contributed by atoms with Gasteiger partial charge in [0.1, 0.15) is 12.4 Å². The van der Waals surface area contributed by atoms with Gasteiger partial charge < -0.3 is 24.3 Å². The average molecular weight is 385 g/mol. The first-order chi connectivity index (χ1) is 13.7. The van der Waals surface area contributed by atoms with Crippen LogP contribution in [-0.2, 0) is 4.74 Å². The molecule has 6 heteroatoms. The van der Waals surface area contributed by atoms with Crippen LogP contribution in [0.2, 0.25) is 0 Å². The fourth-order valence-corrected chi connectivity index (χ4v) is 3.02. The Morgan fingerprint density at radius 1 is 1.07 bits per heavy atom. The molecule has 0 unspecified atom stereocenters. The van der Waals surface area contributed by atoms with Crippen molar-refractivity contribution in [3.05, 3.63) is 48.0 Å². The maximum atomic E-state index is 12.6. The number of carbonyl (C=O) groups is 1. The summed E-state index contributed by atoms with van der Waals surface area (Å²) >= 11 is 0. The summed E-state index contributed by atoms with van der Waals surface area (Å²) in [5.74, 6) is 1.71. The van der Waals surface area contributed by atoms with Crippen LogP contribution >= 0.6 is 0 Å². The van der Waals surface area contributed by atoms with Gasteiger partial charge in [0.25, 0.3) is 5.91 Å². The number of hydrogen-bond acceptors (Lipinski definition) is 5. The van der Waals surface area contributed by atoms with Crippen LogP contribution in [0.5, 0.6) is 17.2 Å². The van der Waals surface area contributed by atoms with Gasteiger partial charge in [-0.1, -0.05) is 6.07 Å². The first-order valence-electron chi connectivity index (χ1n) is 9.75. The number of benzene rings is 2. The SMILES string of the molecule is CCOc1ccc(NC(=O)c2cccc(OC[C@H]3CCCO3)c2)cc1OCC. The Bertz CT molecular complexity index is 786. The number of anilines is 1. The van der Waals surface area contributed by atoms with Crippen LogP contribution in [0.1, 0.15) is 37.0 Å². The van der Waals surface area contributed by atoms with E-state index in [9.17, 15) is 4.79 Å². The van der Waals surface area contributed by atoms with Crippen LogP contribution in [-0.4, -0.2) is 38.4 Å². The summed E-state index contributed by atoms with van der Waals surface area (Å²) in [6.07, 6.45) is 2.22. The Balaban J connectivity index is 1.65. The number of nitrogens with one attached hydrogen (secondary N) is 1. The fourth-order valence-electron chi connectivity index (χ4n) is 3.02. The van der Waals surface area contributed by atoms with Gasteiger partial charge in [0.2, 0.25) is 0 Å². The molecule has 150 valence electrons. The lowest BCUT2D eigenvalue weighted by molar-refractivity contribution is 0.0679. The van der Waals surface area contributed by atoms with E-state index < -0.39 is 0 Å².